The van der Waals surface area contributed by atoms with Gasteiger partial charge in [-0.15, -0.1) is 0 Å². The quantitative estimate of drug-likeness (QED) is 0.698. The molecule has 0 amide bonds. The van der Waals surface area contributed by atoms with Crippen molar-refractivity contribution in [3.8, 4) is 6.07 Å². The first-order chi connectivity index (χ1) is 9.67. The van der Waals surface area contributed by atoms with Gasteiger partial charge in [-0.2, -0.15) is 5.26 Å². The molecule has 98 valence electrons. The molecule has 1 atom stereocenters. The molecule has 20 heavy (non-hydrogen) atoms. The lowest BCUT2D eigenvalue weighted by atomic mass is 9.92. The van der Waals surface area contributed by atoms with Gasteiger partial charge in [-0.3, -0.25) is 0 Å². The van der Waals surface area contributed by atoms with Gasteiger partial charge in [0.05, 0.1) is 12.0 Å². The molecule has 0 bridgehead atoms. The second kappa shape index (κ2) is 4.99. The van der Waals surface area contributed by atoms with Gasteiger partial charge in [0.25, 0.3) is 0 Å². The van der Waals surface area contributed by atoms with Crippen molar-refractivity contribution in [2.24, 2.45) is 0 Å². The van der Waals surface area contributed by atoms with E-state index in [2.05, 4.69) is 11.1 Å². The predicted molar refractivity (Wildman–Crippen MR) is 77.7 cm³/mol. The van der Waals surface area contributed by atoms with Crippen LogP contribution in [0.15, 0.2) is 46.9 Å². The Morgan fingerprint density at radius 1 is 1.15 bits per heavy atom. The molecule has 0 aliphatic carbocycles. The number of aromatic nitrogens is 1. The molecule has 0 fully saturated rings. The molecule has 1 unspecified atom stereocenters. The first-order valence-electron chi connectivity index (χ1n) is 6.19. The largest absolute Gasteiger partial charge is 0.441 e. The Balaban J connectivity index is 2.07. The maximum atomic E-state index is 9.45. The molecule has 0 radical (unpaired) electrons. The molecule has 2 aromatic carbocycles. The Hall–Kier alpha value is -2.31. The lowest BCUT2D eigenvalue weighted by molar-refractivity contribution is 0.561. The van der Waals surface area contributed by atoms with Crippen LogP contribution in [-0.2, 0) is 0 Å². The number of fused-ring (bicyclic) bond motifs is 1. The van der Waals surface area contributed by atoms with Crippen molar-refractivity contribution in [1.29, 1.82) is 5.26 Å². The Labute approximate surface area is 121 Å². The SMILES string of the molecule is Cc1nc2cc(C(C#N)c3ccc(Cl)cc3)ccc2o1. The van der Waals surface area contributed by atoms with Gasteiger partial charge in [0.2, 0.25) is 0 Å². The van der Waals surface area contributed by atoms with E-state index < -0.39 is 0 Å². The van der Waals surface area contributed by atoms with E-state index in [9.17, 15) is 5.26 Å². The third kappa shape index (κ3) is 2.26. The fourth-order valence-corrected chi connectivity index (χ4v) is 2.36. The van der Waals surface area contributed by atoms with E-state index in [0.29, 0.717) is 10.9 Å². The molecule has 0 spiro atoms. The fourth-order valence-electron chi connectivity index (χ4n) is 2.24. The number of hydrogen-bond acceptors (Lipinski definition) is 3. The van der Waals surface area contributed by atoms with Crippen LogP contribution in [0.2, 0.25) is 5.02 Å². The third-order valence-electron chi connectivity index (χ3n) is 3.18. The molecule has 0 saturated carbocycles. The minimum atomic E-state index is -0.339. The zero-order valence-electron chi connectivity index (χ0n) is 10.8. The van der Waals surface area contributed by atoms with Gasteiger partial charge in [0.1, 0.15) is 5.52 Å². The molecule has 0 saturated heterocycles. The van der Waals surface area contributed by atoms with Gasteiger partial charge in [-0.1, -0.05) is 29.8 Å². The van der Waals surface area contributed by atoms with Gasteiger partial charge in [0, 0.05) is 11.9 Å². The molecule has 1 aromatic heterocycles. The van der Waals surface area contributed by atoms with Crippen LogP contribution >= 0.6 is 11.6 Å². The molecule has 3 rings (SSSR count). The number of halogens is 1. The normalized spacial score (nSPS) is 12.2. The van der Waals surface area contributed by atoms with E-state index in [-0.39, 0.29) is 5.92 Å². The highest BCUT2D eigenvalue weighted by Gasteiger charge is 2.15. The van der Waals surface area contributed by atoms with Crippen LogP contribution in [0.3, 0.4) is 0 Å². The summed E-state index contributed by atoms with van der Waals surface area (Å²) in [5.41, 5.74) is 3.32. The van der Waals surface area contributed by atoms with Gasteiger partial charge < -0.3 is 4.42 Å². The van der Waals surface area contributed by atoms with E-state index >= 15 is 0 Å². The minimum absolute atomic E-state index is 0.339. The summed E-state index contributed by atoms with van der Waals surface area (Å²) in [4.78, 5) is 4.30. The van der Waals surface area contributed by atoms with Crippen LogP contribution in [0.25, 0.3) is 11.1 Å². The van der Waals surface area contributed by atoms with Gasteiger partial charge in [-0.05, 0) is 35.4 Å². The minimum Gasteiger partial charge on any atom is -0.441 e. The molecule has 4 heteroatoms. The van der Waals surface area contributed by atoms with Crippen LogP contribution in [0.5, 0.6) is 0 Å². The summed E-state index contributed by atoms with van der Waals surface area (Å²) in [6.45, 7) is 1.81. The average molecular weight is 283 g/mol. The summed E-state index contributed by atoms with van der Waals surface area (Å²) in [5, 5.41) is 10.1. The number of hydrogen-bond donors (Lipinski definition) is 0. The topological polar surface area (TPSA) is 49.8 Å². The van der Waals surface area contributed by atoms with Crippen LogP contribution in [0.1, 0.15) is 22.9 Å². The lowest BCUT2D eigenvalue weighted by Crippen LogP contribution is -1.97. The van der Waals surface area contributed by atoms with Crippen molar-refractivity contribution < 1.29 is 4.42 Å². The lowest BCUT2D eigenvalue weighted by Gasteiger charge is -2.09. The second-order valence-corrected chi connectivity index (χ2v) is 5.01. The summed E-state index contributed by atoms with van der Waals surface area (Å²) in [5.74, 6) is 0.283. The van der Waals surface area contributed by atoms with Gasteiger partial charge in [-0.25, -0.2) is 4.98 Å². The maximum Gasteiger partial charge on any atom is 0.192 e. The molecule has 3 nitrogen and oxygen atoms in total. The van der Waals surface area contributed by atoms with Crippen LogP contribution < -0.4 is 0 Å². The van der Waals surface area contributed by atoms with E-state index in [0.717, 1.165) is 22.2 Å². The van der Waals surface area contributed by atoms with Gasteiger partial charge in [0.15, 0.2) is 11.5 Å². The van der Waals surface area contributed by atoms with Crippen molar-refractivity contribution in [2.75, 3.05) is 0 Å². The molecule has 3 aromatic rings. The van der Waals surface area contributed by atoms with Crippen molar-refractivity contribution in [1.82, 2.24) is 4.98 Å². The van der Waals surface area contributed by atoms with Crippen molar-refractivity contribution in [3.05, 3.63) is 64.5 Å². The van der Waals surface area contributed by atoms with E-state index in [1.807, 2.05) is 30.3 Å². The van der Waals surface area contributed by atoms with E-state index in [1.165, 1.54) is 0 Å². The first-order valence-corrected chi connectivity index (χ1v) is 6.57. The third-order valence-corrected chi connectivity index (χ3v) is 3.44. The molecule has 0 N–H and O–H groups in total. The van der Waals surface area contributed by atoms with Crippen molar-refractivity contribution in [2.45, 2.75) is 12.8 Å². The summed E-state index contributed by atoms with van der Waals surface area (Å²) in [7, 11) is 0. The number of rotatable bonds is 2. The number of aryl methyl sites for hydroxylation is 1. The average Bonchev–Trinajstić information content (AvgIpc) is 2.81. The van der Waals surface area contributed by atoms with Crippen molar-refractivity contribution >= 4 is 22.7 Å². The predicted octanol–water partition coefficient (Wildman–Crippen LogP) is 4.45. The monoisotopic (exact) mass is 282 g/mol. The van der Waals surface area contributed by atoms with Crippen LogP contribution in [-0.4, -0.2) is 4.98 Å². The maximum absolute atomic E-state index is 9.45. The molecular weight excluding hydrogens is 272 g/mol. The highest BCUT2D eigenvalue weighted by molar-refractivity contribution is 6.30. The van der Waals surface area contributed by atoms with Crippen LogP contribution in [0.4, 0.5) is 0 Å². The zero-order chi connectivity index (χ0) is 14.1. The number of nitrogens with zero attached hydrogens (tertiary/aromatic N) is 2. The summed E-state index contributed by atoms with van der Waals surface area (Å²) in [6, 6.07) is 15.3. The second-order valence-electron chi connectivity index (χ2n) is 4.57. The number of oxazole rings is 1. The fraction of sp³-hybridized carbons (Fsp3) is 0.125. The van der Waals surface area contributed by atoms with E-state index in [1.54, 1.807) is 19.1 Å². The Bertz CT molecular complexity index is 799. The standard InChI is InChI=1S/C16H11ClN2O/c1-10-19-15-8-12(4-7-16(15)20-10)14(9-18)11-2-5-13(17)6-3-11/h2-8,14H,1H3. The Morgan fingerprint density at radius 2 is 1.85 bits per heavy atom. The summed E-state index contributed by atoms with van der Waals surface area (Å²) >= 11 is 5.88. The van der Waals surface area contributed by atoms with Crippen molar-refractivity contribution in [3.63, 3.8) is 0 Å². The molecular formula is C16H11ClN2O. The molecule has 1 heterocycles. The summed E-state index contributed by atoms with van der Waals surface area (Å²) < 4.78 is 5.45. The molecule has 0 aliphatic rings. The summed E-state index contributed by atoms with van der Waals surface area (Å²) in [6.07, 6.45) is 0. The highest BCUT2D eigenvalue weighted by atomic mass is 35.5. The number of benzene rings is 2. The highest BCUT2D eigenvalue weighted by Crippen LogP contribution is 2.28. The van der Waals surface area contributed by atoms with Crippen LogP contribution in [0, 0.1) is 18.3 Å². The first kappa shape index (κ1) is 12.7. The number of nitriles is 1. The Morgan fingerprint density at radius 3 is 2.55 bits per heavy atom. The Kier molecular flexibility index (Phi) is 3.17. The molecule has 0 aliphatic heterocycles. The van der Waals surface area contributed by atoms with E-state index in [4.69, 9.17) is 16.0 Å². The van der Waals surface area contributed by atoms with Gasteiger partial charge >= 0.3 is 0 Å². The zero-order valence-corrected chi connectivity index (χ0v) is 11.6. The smallest absolute Gasteiger partial charge is 0.192 e.